The first-order valence-electron chi connectivity index (χ1n) is 13.7. The van der Waals surface area contributed by atoms with E-state index in [0.29, 0.717) is 16.8 Å². The van der Waals surface area contributed by atoms with Crippen molar-refractivity contribution >= 4 is 32.5 Å². The predicted molar refractivity (Wildman–Crippen MR) is 164 cm³/mol. The van der Waals surface area contributed by atoms with Crippen LogP contribution >= 0.6 is 0 Å². The van der Waals surface area contributed by atoms with E-state index < -0.39 is 27.1 Å². The normalized spacial score (nSPS) is 17.0. The number of sulfonamides is 1. The lowest BCUT2D eigenvalue weighted by molar-refractivity contribution is -0.132. The first-order valence-corrected chi connectivity index (χ1v) is 15.2. The van der Waals surface area contributed by atoms with Gasteiger partial charge in [0.2, 0.25) is 10.0 Å². The quantitative estimate of drug-likeness (QED) is 0.267. The highest BCUT2D eigenvalue weighted by Crippen LogP contribution is 2.45. The lowest BCUT2D eigenvalue weighted by Gasteiger charge is -2.24. The molecule has 42 heavy (non-hydrogen) atoms. The molecule has 8 heteroatoms. The summed E-state index contributed by atoms with van der Waals surface area (Å²) in [4.78, 5) is 20.4. The highest BCUT2D eigenvalue weighted by Gasteiger charge is 2.51. The minimum Gasteiger partial charge on any atom is -0.372 e. The molecule has 1 amide bonds. The van der Waals surface area contributed by atoms with Crippen LogP contribution in [0.2, 0.25) is 0 Å². The third-order valence-corrected chi connectivity index (χ3v) is 9.10. The zero-order chi connectivity index (χ0) is 29.7. The Morgan fingerprint density at radius 1 is 0.857 bits per heavy atom. The van der Waals surface area contributed by atoms with Crippen molar-refractivity contribution in [2.75, 3.05) is 4.90 Å². The molecular formula is C34H31N3O4S. The Morgan fingerprint density at radius 2 is 1.55 bits per heavy atom. The van der Waals surface area contributed by atoms with Crippen LogP contribution in [0.15, 0.2) is 114 Å². The summed E-state index contributed by atoms with van der Waals surface area (Å²) in [5.74, 6) is -0.496. The van der Waals surface area contributed by atoms with Gasteiger partial charge in [-0.3, -0.25) is 4.79 Å². The largest absolute Gasteiger partial charge is 0.372 e. The van der Waals surface area contributed by atoms with Crippen LogP contribution in [0.1, 0.15) is 37.5 Å². The number of hydrogen-bond acceptors (Lipinski definition) is 5. The maximum atomic E-state index is 14.0. The van der Waals surface area contributed by atoms with Crippen molar-refractivity contribution in [3.05, 3.63) is 126 Å². The molecule has 6 rings (SSSR count). The molecule has 0 radical (unpaired) electrons. The van der Waals surface area contributed by atoms with Gasteiger partial charge in [-0.15, -0.1) is 0 Å². The van der Waals surface area contributed by atoms with Crippen LogP contribution in [0.5, 0.6) is 0 Å². The van der Waals surface area contributed by atoms with Crippen molar-refractivity contribution in [3.63, 3.8) is 0 Å². The Labute approximate surface area is 245 Å². The first kappa shape index (κ1) is 27.8. The van der Waals surface area contributed by atoms with Gasteiger partial charge in [-0.1, -0.05) is 72.8 Å². The molecule has 1 unspecified atom stereocenters. The molecule has 4 aromatic carbocycles. The first-order chi connectivity index (χ1) is 20.0. The summed E-state index contributed by atoms with van der Waals surface area (Å²) in [5, 5.41) is 12.9. The number of aliphatic hydroxyl groups is 1. The predicted octanol–water partition coefficient (Wildman–Crippen LogP) is 5.76. The molecule has 0 aliphatic carbocycles. The van der Waals surface area contributed by atoms with E-state index in [-0.39, 0.29) is 11.4 Å². The third-order valence-electron chi connectivity index (χ3n) is 7.33. The summed E-state index contributed by atoms with van der Waals surface area (Å²) in [5.41, 5.74) is 2.41. The molecule has 1 atom stereocenters. The fourth-order valence-electron chi connectivity index (χ4n) is 5.43. The average molecular weight is 578 g/mol. The van der Waals surface area contributed by atoms with E-state index in [2.05, 4.69) is 4.72 Å². The number of nitrogens with zero attached hydrogens (tertiary/aromatic N) is 2. The van der Waals surface area contributed by atoms with E-state index >= 15 is 0 Å². The highest BCUT2D eigenvalue weighted by molar-refractivity contribution is 7.89. The minimum atomic E-state index is -3.77. The molecule has 1 aliphatic heterocycles. The molecule has 2 heterocycles. The van der Waals surface area contributed by atoms with Crippen LogP contribution in [0, 0.1) is 0 Å². The number of carbonyl (C=O) groups excluding carboxylic acids is 1. The van der Waals surface area contributed by atoms with Gasteiger partial charge in [-0.2, -0.15) is 0 Å². The number of carbonyl (C=O) groups is 1. The molecule has 0 saturated heterocycles. The molecule has 0 bridgehead atoms. The van der Waals surface area contributed by atoms with Crippen molar-refractivity contribution < 1.29 is 18.3 Å². The molecule has 1 aliphatic rings. The Bertz CT molecular complexity index is 1920. The molecule has 2 N–H and O–H groups in total. The number of nitrogens with one attached hydrogen (secondary N) is 1. The Hall–Kier alpha value is -4.37. The summed E-state index contributed by atoms with van der Waals surface area (Å²) < 4.78 is 28.2. The second-order valence-corrected chi connectivity index (χ2v) is 13.3. The topological polar surface area (TPSA) is 99.6 Å². The number of para-hydroxylation sites is 1. The van der Waals surface area contributed by atoms with Gasteiger partial charge >= 0.3 is 0 Å². The van der Waals surface area contributed by atoms with Crippen LogP contribution in [0.3, 0.4) is 0 Å². The van der Waals surface area contributed by atoms with E-state index in [1.54, 1.807) is 37.8 Å². The number of benzene rings is 4. The highest BCUT2D eigenvalue weighted by atomic mass is 32.2. The minimum absolute atomic E-state index is 0.0561. The standard InChI is InChI=1S/C34H31N3O4S/c1-33(2,3)36-42(40,41)27-17-15-26(16-18-27)34(39)28-11-7-8-12-31(28)37(32(34)38)22-23-13-19-30-25(21-23)14-20-29(35-30)24-9-5-4-6-10-24/h4-21,36,39H,22H2,1-3H3. The van der Waals surface area contributed by atoms with Gasteiger partial charge < -0.3 is 10.0 Å². The van der Waals surface area contributed by atoms with Gasteiger partial charge in [-0.05, 0) is 68.3 Å². The number of fused-ring (bicyclic) bond motifs is 2. The van der Waals surface area contributed by atoms with Crippen molar-refractivity contribution in [3.8, 4) is 11.3 Å². The number of pyridine rings is 1. The van der Waals surface area contributed by atoms with Crippen molar-refractivity contribution in [1.29, 1.82) is 0 Å². The zero-order valence-corrected chi connectivity index (χ0v) is 24.4. The Morgan fingerprint density at radius 3 is 2.26 bits per heavy atom. The summed E-state index contributed by atoms with van der Waals surface area (Å²) in [6, 6.07) is 32.9. The van der Waals surface area contributed by atoms with E-state index in [4.69, 9.17) is 4.98 Å². The van der Waals surface area contributed by atoms with Gasteiger partial charge in [-0.25, -0.2) is 18.1 Å². The molecular weight excluding hydrogens is 546 g/mol. The SMILES string of the molecule is CC(C)(C)NS(=O)(=O)c1ccc(C2(O)C(=O)N(Cc3ccc4nc(-c5ccccc5)ccc4c3)c3ccccc32)cc1. The van der Waals surface area contributed by atoms with E-state index in [1.807, 2.05) is 72.8 Å². The number of anilines is 1. The van der Waals surface area contributed by atoms with E-state index in [1.165, 1.54) is 24.3 Å². The van der Waals surface area contributed by atoms with Crippen LogP contribution in [0.25, 0.3) is 22.2 Å². The average Bonchev–Trinajstić information content (AvgIpc) is 3.19. The van der Waals surface area contributed by atoms with Crippen molar-refractivity contribution in [1.82, 2.24) is 9.71 Å². The molecule has 1 aromatic heterocycles. The summed E-state index contributed by atoms with van der Waals surface area (Å²) in [6.07, 6.45) is 0. The maximum Gasteiger partial charge on any atom is 0.268 e. The summed E-state index contributed by atoms with van der Waals surface area (Å²) >= 11 is 0. The van der Waals surface area contributed by atoms with E-state index in [9.17, 15) is 18.3 Å². The van der Waals surface area contributed by atoms with Gasteiger partial charge in [0.15, 0.2) is 5.60 Å². The molecule has 7 nitrogen and oxygen atoms in total. The molecule has 0 spiro atoms. The number of amides is 1. The van der Waals surface area contributed by atoms with Crippen LogP contribution in [-0.4, -0.2) is 30.0 Å². The van der Waals surface area contributed by atoms with Crippen LogP contribution in [-0.2, 0) is 27.0 Å². The van der Waals surface area contributed by atoms with Crippen LogP contribution < -0.4 is 9.62 Å². The van der Waals surface area contributed by atoms with Crippen molar-refractivity contribution in [2.45, 2.75) is 43.4 Å². The summed E-state index contributed by atoms with van der Waals surface area (Å²) in [7, 11) is -3.77. The van der Waals surface area contributed by atoms with Gasteiger partial charge in [0.05, 0.1) is 28.3 Å². The molecule has 5 aromatic rings. The fourth-order valence-corrected chi connectivity index (χ4v) is 6.85. The van der Waals surface area contributed by atoms with Gasteiger partial charge in [0, 0.05) is 22.1 Å². The van der Waals surface area contributed by atoms with E-state index in [0.717, 1.165) is 27.7 Å². The lowest BCUT2D eigenvalue weighted by atomic mass is 9.87. The smallest absolute Gasteiger partial charge is 0.268 e. The van der Waals surface area contributed by atoms with Crippen molar-refractivity contribution in [2.24, 2.45) is 0 Å². The maximum absolute atomic E-state index is 14.0. The zero-order valence-electron chi connectivity index (χ0n) is 23.6. The second kappa shape index (κ2) is 10.2. The molecule has 0 fully saturated rings. The van der Waals surface area contributed by atoms with Gasteiger partial charge in [0.25, 0.3) is 5.91 Å². The number of hydrogen-bond donors (Lipinski definition) is 2. The van der Waals surface area contributed by atoms with Gasteiger partial charge in [0.1, 0.15) is 0 Å². The molecule has 212 valence electrons. The van der Waals surface area contributed by atoms with Crippen LogP contribution in [0.4, 0.5) is 5.69 Å². The Kier molecular flexibility index (Phi) is 6.73. The molecule has 0 saturated carbocycles. The monoisotopic (exact) mass is 577 g/mol. The third kappa shape index (κ3) is 4.98. The second-order valence-electron chi connectivity index (χ2n) is 11.6. The number of aromatic nitrogens is 1. The number of rotatable bonds is 6. The fraction of sp³-hybridized carbons (Fsp3) is 0.176. The Balaban J connectivity index is 1.31. The lowest BCUT2D eigenvalue weighted by Crippen LogP contribution is -2.41. The summed E-state index contributed by atoms with van der Waals surface area (Å²) in [6.45, 7) is 5.53.